The molecule has 0 amide bonds. The minimum absolute atomic E-state index is 0.199. The van der Waals surface area contributed by atoms with Crippen molar-refractivity contribution in [2.24, 2.45) is 0 Å². The normalized spacial score (nSPS) is 12.3. The van der Waals surface area contributed by atoms with Crippen LogP contribution in [0.5, 0.6) is 11.5 Å². The van der Waals surface area contributed by atoms with E-state index >= 15 is 0 Å². The van der Waals surface area contributed by atoms with Crippen LogP contribution >= 0.6 is 0 Å². The lowest BCUT2D eigenvalue weighted by Gasteiger charge is -2.22. The van der Waals surface area contributed by atoms with Gasteiger partial charge in [0.05, 0.1) is 25.1 Å². The zero-order valence-electron chi connectivity index (χ0n) is 18.7. The highest BCUT2D eigenvalue weighted by molar-refractivity contribution is 5.86. The number of methoxy groups -OCH3 is 2. The van der Waals surface area contributed by atoms with Gasteiger partial charge >= 0.3 is 0 Å². The number of aryl methyl sites for hydroxylation is 1. The monoisotopic (exact) mass is 410 g/mol. The molecule has 2 aromatic carbocycles. The summed E-state index contributed by atoms with van der Waals surface area (Å²) in [7, 11) is 9.19. The van der Waals surface area contributed by atoms with Gasteiger partial charge in [-0.15, -0.1) is 0 Å². The van der Waals surface area contributed by atoms with E-state index in [4.69, 9.17) is 9.47 Å². The SMILES string of the molecule is COc1cc2nc(N(C)Cc3cccc(C(C)N(C)C)c3)[nH]c(=O)c2c(C)c1OC. The zero-order chi connectivity index (χ0) is 22.0. The second-order valence-electron chi connectivity index (χ2n) is 7.76. The van der Waals surface area contributed by atoms with Crippen LogP contribution in [0.3, 0.4) is 0 Å². The molecule has 3 aromatic rings. The number of aromatic amines is 1. The topological polar surface area (TPSA) is 70.7 Å². The van der Waals surface area contributed by atoms with Gasteiger partial charge in [0.2, 0.25) is 5.95 Å². The quantitative estimate of drug-likeness (QED) is 0.643. The van der Waals surface area contributed by atoms with Gasteiger partial charge in [0, 0.05) is 31.3 Å². The smallest absolute Gasteiger partial charge is 0.260 e. The van der Waals surface area contributed by atoms with Crippen LogP contribution in [-0.4, -0.2) is 50.2 Å². The Balaban J connectivity index is 1.97. The summed E-state index contributed by atoms with van der Waals surface area (Å²) in [5.41, 5.74) is 3.48. The maximum absolute atomic E-state index is 12.8. The molecule has 1 atom stereocenters. The number of nitrogens with one attached hydrogen (secondary N) is 1. The number of anilines is 1. The molecule has 1 unspecified atom stereocenters. The molecule has 0 aliphatic carbocycles. The first kappa shape index (κ1) is 21.6. The minimum atomic E-state index is -0.199. The average molecular weight is 411 g/mol. The van der Waals surface area contributed by atoms with Gasteiger partial charge in [-0.25, -0.2) is 4.98 Å². The Morgan fingerprint density at radius 1 is 1.13 bits per heavy atom. The summed E-state index contributed by atoms with van der Waals surface area (Å²) in [5, 5.41) is 0.506. The number of benzene rings is 2. The van der Waals surface area contributed by atoms with E-state index in [1.165, 1.54) is 5.56 Å². The summed E-state index contributed by atoms with van der Waals surface area (Å²) in [4.78, 5) is 24.6. The Hall–Kier alpha value is -3.06. The van der Waals surface area contributed by atoms with Crippen molar-refractivity contribution < 1.29 is 9.47 Å². The largest absolute Gasteiger partial charge is 0.493 e. The Bertz CT molecular complexity index is 1110. The Morgan fingerprint density at radius 2 is 1.87 bits per heavy atom. The summed E-state index contributed by atoms with van der Waals surface area (Å²) in [6.07, 6.45) is 0. The number of hydrogen-bond acceptors (Lipinski definition) is 6. The van der Waals surface area contributed by atoms with Crippen molar-refractivity contribution in [3.05, 3.63) is 57.4 Å². The Morgan fingerprint density at radius 3 is 2.50 bits per heavy atom. The third kappa shape index (κ3) is 4.11. The number of hydrogen-bond donors (Lipinski definition) is 1. The van der Waals surface area contributed by atoms with Crippen LogP contribution in [0.4, 0.5) is 5.95 Å². The van der Waals surface area contributed by atoms with Gasteiger partial charge in [-0.3, -0.25) is 9.78 Å². The molecule has 0 bridgehead atoms. The van der Waals surface area contributed by atoms with E-state index in [0.29, 0.717) is 46.5 Å². The van der Waals surface area contributed by atoms with Crippen LogP contribution in [0.1, 0.15) is 29.7 Å². The van der Waals surface area contributed by atoms with E-state index in [1.54, 1.807) is 20.3 Å². The van der Waals surface area contributed by atoms with Gasteiger partial charge < -0.3 is 19.3 Å². The Kier molecular flexibility index (Phi) is 6.31. The summed E-state index contributed by atoms with van der Waals surface area (Å²) < 4.78 is 10.8. The van der Waals surface area contributed by atoms with Gasteiger partial charge in [0.25, 0.3) is 5.56 Å². The van der Waals surface area contributed by atoms with Crippen LogP contribution in [0.15, 0.2) is 35.1 Å². The highest BCUT2D eigenvalue weighted by Crippen LogP contribution is 2.35. The van der Waals surface area contributed by atoms with Crippen molar-refractivity contribution in [2.75, 3.05) is 40.3 Å². The second-order valence-corrected chi connectivity index (χ2v) is 7.76. The van der Waals surface area contributed by atoms with Crippen molar-refractivity contribution >= 4 is 16.9 Å². The fourth-order valence-corrected chi connectivity index (χ4v) is 3.62. The second kappa shape index (κ2) is 8.75. The average Bonchev–Trinajstić information content (AvgIpc) is 2.72. The van der Waals surface area contributed by atoms with Crippen LogP contribution in [0.25, 0.3) is 10.9 Å². The first-order valence-electron chi connectivity index (χ1n) is 9.88. The van der Waals surface area contributed by atoms with Crippen LogP contribution in [-0.2, 0) is 6.54 Å². The molecule has 0 fully saturated rings. The minimum Gasteiger partial charge on any atom is -0.493 e. The standard InChI is InChI=1S/C23H30N4O3/c1-14-20-18(12-19(29-6)21(14)30-7)24-23(25-22(20)28)27(5)13-16-9-8-10-17(11-16)15(2)26(3)4/h8-12,15H,13H2,1-7H3,(H,24,25,28). The molecule has 160 valence electrons. The number of rotatable bonds is 7. The van der Waals surface area contributed by atoms with Gasteiger partial charge in [0.1, 0.15) is 0 Å². The molecular formula is C23H30N4O3. The fraction of sp³-hybridized carbons (Fsp3) is 0.391. The predicted molar refractivity (Wildman–Crippen MR) is 121 cm³/mol. The van der Waals surface area contributed by atoms with E-state index in [-0.39, 0.29) is 5.56 Å². The summed E-state index contributed by atoms with van der Waals surface area (Å²) in [6, 6.07) is 10.5. The Labute approximate surface area is 177 Å². The van der Waals surface area contributed by atoms with Gasteiger partial charge in [0.15, 0.2) is 11.5 Å². The van der Waals surface area contributed by atoms with Gasteiger partial charge in [-0.2, -0.15) is 0 Å². The van der Waals surface area contributed by atoms with Gasteiger partial charge in [-0.1, -0.05) is 24.3 Å². The van der Waals surface area contributed by atoms with E-state index in [1.807, 2.05) is 18.9 Å². The number of ether oxygens (including phenoxy) is 2. The van der Waals surface area contributed by atoms with Crippen molar-refractivity contribution in [2.45, 2.75) is 26.4 Å². The summed E-state index contributed by atoms with van der Waals surface area (Å²) in [5.74, 6) is 1.61. The fourth-order valence-electron chi connectivity index (χ4n) is 3.62. The first-order chi connectivity index (χ1) is 14.3. The molecule has 0 aliphatic rings. The lowest BCUT2D eigenvalue weighted by atomic mass is 10.0. The molecule has 1 N–H and O–H groups in total. The van der Waals surface area contributed by atoms with Gasteiger partial charge in [-0.05, 0) is 39.1 Å². The number of H-pyrrole nitrogens is 1. The molecule has 0 spiro atoms. The van der Waals surface area contributed by atoms with E-state index in [2.05, 4.69) is 60.2 Å². The summed E-state index contributed by atoms with van der Waals surface area (Å²) in [6.45, 7) is 4.63. The highest BCUT2D eigenvalue weighted by atomic mass is 16.5. The molecular weight excluding hydrogens is 380 g/mol. The predicted octanol–water partition coefficient (Wildman–Crippen LogP) is 3.51. The molecule has 0 radical (unpaired) electrons. The van der Waals surface area contributed by atoms with Crippen molar-refractivity contribution in [3.63, 3.8) is 0 Å². The zero-order valence-corrected chi connectivity index (χ0v) is 18.7. The number of aromatic nitrogens is 2. The van der Waals surface area contributed by atoms with E-state index < -0.39 is 0 Å². The molecule has 0 saturated carbocycles. The van der Waals surface area contributed by atoms with Crippen molar-refractivity contribution in [3.8, 4) is 11.5 Å². The molecule has 7 nitrogen and oxygen atoms in total. The number of fused-ring (bicyclic) bond motifs is 1. The van der Waals surface area contributed by atoms with Crippen LogP contribution in [0.2, 0.25) is 0 Å². The third-order valence-corrected chi connectivity index (χ3v) is 5.56. The molecule has 30 heavy (non-hydrogen) atoms. The van der Waals surface area contributed by atoms with Crippen molar-refractivity contribution in [1.82, 2.24) is 14.9 Å². The molecule has 0 saturated heterocycles. The number of nitrogens with zero attached hydrogens (tertiary/aromatic N) is 3. The maximum Gasteiger partial charge on any atom is 0.260 e. The molecule has 7 heteroatoms. The van der Waals surface area contributed by atoms with Crippen LogP contribution in [0, 0.1) is 6.92 Å². The van der Waals surface area contributed by atoms with Crippen LogP contribution < -0.4 is 19.9 Å². The summed E-state index contributed by atoms with van der Waals surface area (Å²) >= 11 is 0. The first-order valence-corrected chi connectivity index (χ1v) is 9.88. The van der Waals surface area contributed by atoms with E-state index in [0.717, 1.165) is 5.56 Å². The lowest BCUT2D eigenvalue weighted by Crippen LogP contribution is -2.23. The van der Waals surface area contributed by atoms with E-state index in [9.17, 15) is 4.79 Å². The maximum atomic E-state index is 12.8. The molecule has 1 aromatic heterocycles. The highest BCUT2D eigenvalue weighted by Gasteiger charge is 2.17. The third-order valence-electron chi connectivity index (χ3n) is 5.56. The van der Waals surface area contributed by atoms with Crippen molar-refractivity contribution in [1.29, 1.82) is 0 Å². The molecule has 3 rings (SSSR count). The molecule has 0 aliphatic heterocycles. The lowest BCUT2D eigenvalue weighted by molar-refractivity contribution is 0.321. The molecule has 1 heterocycles.